The zero-order valence-electron chi connectivity index (χ0n) is 41.6. The minimum absolute atomic E-state index is 0.585. The van der Waals surface area contributed by atoms with Crippen molar-refractivity contribution in [1.82, 2.24) is 4.57 Å². The summed E-state index contributed by atoms with van der Waals surface area (Å²) in [5.41, 5.74) is 25.7. The van der Waals surface area contributed by atoms with Crippen LogP contribution in [0.5, 0.6) is 0 Å². The highest BCUT2D eigenvalue weighted by atomic mass is 15.2. The highest BCUT2D eigenvalue weighted by molar-refractivity contribution is 6.13. The van der Waals surface area contributed by atoms with Gasteiger partial charge in [-0.3, -0.25) is 0 Å². The quantitative estimate of drug-likeness (QED) is 0.155. The molecule has 0 amide bonds. The molecule has 12 aromatic carbocycles. The highest BCUT2D eigenvalue weighted by Crippen LogP contribution is 2.65. The smallest absolute Gasteiger partial charge is 0.0755 e. The molecule has 3 aliphatic rings. The zero-order valence-corrected chi connectivity index (χ0v) is 41.6. The average Bonchev–Trinajstić information content (AvgIpc) is 4.16. The Bertz CT molecular complexity index is 4430. The van der Waals surface area contributed by atoms with Crippen LogP contribution in [0.1, 0.15) is 44.5 Å². The van der Waals surface area contributed by atoms with Gasteiger partial charge in [0.2, 0.25) is 0 Å². The van der Waals surface area contributed by atoms with Crippen molar-refractivity contribution in [3.05, 3.63) is 336 Å². The van der Waals surface area contributed by atoms with Gasteiger partial charge in [-0.25, -0.2) is 0 Å². The zero-order chi connectivity index (χ0) is 50.0. The molecule has 354 valence electrons. The van der Waals surface area contributed by atoms with E-state index < -0.39 is 10.8 Å². The second-order valence-electron chi connectivity index (χ2n) is 20.6. The molecule has 0 N–H and O–H groups in total. The number of fused-ring (bicyclic) bond motifs is 15. The Morgan fingerprint density at radius 3 is 1.42 bits per heavy atom. The van der Waals surface area contributed by atoms with E-state index in [9.17, 15) is 0 Å². The van der Waals surface area contributed by atoms with Crippen molar-refractivity contribution in [3.63, 3.8) is 0 Å². The summed E-state index contributed by atoms with van der Waals surface area (Å²) in [5.74, 6) is 0. The Hall–Kier alpha value is -9.76. The summed E-state index contributed by atoms with van der Waals surface area (Å²) in [5, 5.41) is 2.54. The molecule has 2 nitrogen and oxygen atoms in total. The largest absolute Gasteiger partial charge is 0.309 e. The standard InChI is InChI=1S/C74H48N2/c1-4-24-49(25-5-1)50-26-20-27-51(48-50)54-32-12-17-43-65(54)75(68-46-22-40-62-70(68)57-34-10-14-37-59(57)73(62,52-28-6-2-7-29-52)53-30-8-3-9-31-53)69-47-23-41-63-71(69)58-35-11-15-38-60(58)74(63)61-39-16-19-45-67(61)76-66-44-18-13-33-55(66)56-36-21-42-64(74)72(56)76/h1-48H. The molecule has 0 bridgehead atoms. The number of hydrogen-bond acceptors (Lipinski definition) is 1. The van der Waals surface area contributed by atoms with Gasteiger partial charge in [-0.2, -0.15) is 0 Å². The Morgan fingerprint density at radius 2 is 0.724 bits per heavy atom. The second kappa shape index (κ2) is 16.4. The van der Waals surface area contributed by atoms with E-state index in [1.807, 2.05) is 0 Å². The Labute approximate surface area is 442 Å². The summed E-state index contributed by atoms with van der Waals surface area (Å²) in [6, 6.07) is 109. The Morgan fingerprint density at radius 1 is 0.276 bits per heavy atom. The minimum atomic E-state index is -0.626. The Balaban J connectivity index is 1.04. The molecule has 0 radical (unpaired) electrons. The van der Waals surface area contributed by atoms with Crippen molar-refractivity contribution in [2.24, 2.45) is 0 Å². The van der Waals surface area contributed by atoms with Crippen LogP contribution < -0.4 is 4.90 Å². The fourth-order valence-electron chi connectivity index (χ4n) is 14.2. The maximum Gasteiger partial charge on any atom is 0.0755 e. The fraction of sp³-hybridized carbons (Fsp3) is 0.0270. The van der Waals surface area contributed by atoms with Gasteiger partial charge in [0.05, 0.1) is 44.6 Å². The predicted molar refractivity (Wildman–Crippen MR) is 315 cm³/mol. The van der Waals surface area contributed by atoms with Crippen LogP contribution in [0, 0.1) is 0 Å². The van der Waals surface area contributed by atoms with Crippen molar-refractivity contribution in [3.8, 4) is 50.2 Å². The summed E-state index contributed by atoms with van der Waals surface area (Å²) < 4.78 is 2.54. The van der Waals surface area contributed by atoms with E-state index in [2.05, 4.69) is 301 Å². The van der Waals surface area contributed by atoms with Gasteiger partial charge in [-0.1, -0.05) is 255 Å². The van der Waals surface area contributed by atoms with Crippen LogP contribution >= 0.6 is 0 Å². The molecule has 1 aromatic heterocycles. The average molecular weight is 965 g/mol. The van der Waals surface area contributed by atoms with Crippen LogP contribution in [0.3, 0.4) is 0 Å². The summed E-state index contributed by atoms with van der Waals surface area (Å²) in [7, 11) is 0. The molecular weight excluding hydrogens is 917 g/mol. The van der Waals surface area contributed by atoms with Crippen LogP contribution in [0.4, 0.5) is 17.1 Å². The minimum Gasteiger partial charge on any atom is -0.309 e. The summed E-state index contributed by atoms with van der Waals surface area (Å²) in [6.07, 6.45) is 0. The first-order valence-corrected chi connectivity index (χ1v) is 26.5. The van der Waals surface area contributed by atoms with E-state index in [1.54, 1.807) is 0 Å². The van der Waals surface area contributed by atoms with Crippen LogP contribution in [-0.4, -0.2) is 4.57 Å². The van der Waals surface area contributed by atoms with Gasteiger partial charge < -0.3 is 9.47 Å². The number of rotatable bonds is 7. The molecule has 76 heavy (non-hydrogen) atoms. The monoisotopic (exact) mass is 964 g/mol. The van der Waals surface area contributed by atoms with Gasteiger partial charge in [0.15, 0.2) is 0 Å². The lowest BCUT2D eigenvalue weighted by molar-refractivity contribution is 0.748. The van der Waals surface area contributed by atoms with Crippen molar-refractivity contribution >= 4 is 38.9 Å². The summed E-state index contributed by atoms with van der Waals surface area (Å²) >= 11 is 0. The van der Waals surface area contributed by atoms with E-state index >= 15 is 0 Å². The molecule has 2 heterocycles. The first-order valence-electron chi connectivity index (χ1n) is 26.5. The van der Waals surface area contributed by atoms with E-state index in [0.29, 0.717) is 0 Å². The number of para-hydroxylation sites is 4. The van der Waals surface area contributed by atoms with Crippen molar-refractivity contribution in [2.45, 2.75) is 10.8 Å². The molecule has 0 fully saturated rings. The van der Waals surface area contributed by atoms with Crippen molar-refractivity contribution in [1.29, 1.82) is 0 Å². The van der Waals surface area contributed by atoms with E-state index in [0.717, 1.165) is 28.2 Å². The van der Waals surface area contributed by atoms with Crippen molar-refractivity contribution in [2.75, 3.05) is 4.90 Å². The van der Waals surface area contributed by atoms with Gasteiger partial charge in [0, 0.05) is 27.5 Å². The second-order valence-corrected chi connectivity index (χ2v) is 20.6. The lowest BCUT2D eigenvalue weighted by Crippen LogP contribution is -2.33. The summed E-state index contributed by atoms with van der Waals surface area (Å²) in [4.78, 5) is 2.63. The van der Waals surface area contributed by atoms with Gasteiger partial charge in [-0.05, 0) is 109 Å². The molecule has 0 saturated heterocycles. The van der Waals surface area contributed by atoms with Crippen molar-refractivity contribution < 1.29 is 0 Å². The van der Waals surface area contributed by atoms with Gasteiger partial charge in [0.1, 0.15) is 0 Å². The third-order valence-corrected chi connectivity index (χ3v) is 17.1. The third-order valence-electron chi connectivity index (χ3n) is 17.1. The van der Waals surface area contributed by atoms with Gasteiger partial charge in [-0.15, -0.1) is 0 Å². The number of nitrogens with zero attached hydrogens (tertiary/aromatic N) is 2. The number of benzene rings is 12. The van der Waals surface area contributed by atoms with E-state index in [1.165, 1.54) is 105 Å². The molecule has 16 rings (SSSR count). The number of anilines is 3. The summed E-state index contributed by atoms with van der Waals surface area (Å²) in [6.45, 7) is 0. The molecule has 1 aliphatic heterocycles. The van der Waals surface area contributed by atoms with Gasteiger partial charge >= 0.3 is 0 Å². The first-order chi connectivity index (χ1) is 37.8. The maximum absolute atomic E-state index is 2.63. The topological polar surface area (TPSA) is 8.17 Å². The molecular formula is C74H48N2. The predicted octanol–water partition coefficient (Wildman–Crippen LogP) is 18.6. The molecule has 2 heteroatoms. The third kappa shape index (κ3) is 5.65. The molecule has 2 aliphatic carbocycles. The molecule has 13 aromatic rings. The number of aromatic nitrogens is 1. The lowest BCUT2D eigenvalue weighted by Gasteiger charge is -2.40. The lowest BCUT2D eigenvalue weighted by atomic mass is 9.65. The normalized spacial score (nSPS) is 15.0. The maximum atomic E-state index is 2.63. The molecule has 1 atom stereocenters. The Kier molecular flexibility index (Phi) is 9.20. The van der Waals surface area contributed by atoms with E-state index in [-0.39, 0.29) is 0 Å². The first kappa shape index (κ1) is 42.7. The van der Waals surface area contributed by atoms with Gasteiger partial charge in [0.25, 0.3) is 0 Å². The fourth-order valence-corrected chi connectivity index (χ4v) is 14.2. The van der Waals surface area contributed by atoms with Crippen LogP contribution in [0.2, 0.25) is 0 Å². The van der Waals surface area contributed by atoms with Crippen LogP contribution in [0.25, 0.3) is 72.0 Å². The molecule has 1 unspecified atom stereocenters. The van der Waals surface area contributed by atoms with Crippen LogP contribution in [0.15, 0.2) is 291 Å². The van der Waals surface area contributed by atoms with Crippen LogP contribution in [-0.2, 0) is 10.8 Å². The highest BCUT2D eigenvalue weighted by Gasteiger charge is 2.53. The van der Waals surface area contributed by atoms with E-state index in [4.69, 9.17) is 0 Å². The number of hydrogen-bond donors (Lipinski definition) is 0. The molecule has 1 spiro atoms. The SMILES string of the molecule is c1ccc(-c2cccc(-c3ccccc3N(c3cccc4c3-c3ccccc3C4(c3ccccc3)c3ccccc3)c3cccc4c3-c3ccccc3C43c4ccccc4-n4c5ccccc5c5cccc3c54)c2)cc1. The molecule has 0 saturated carbocycles.